The van der Waals surface area contributed by atoms with Gasteiger partial charge in [0.1, 0.15) is 17.9 Å². The van der Waals surface area contributed by atoms with Gasteiger partial charge in [-0.1, -0.05) is 24.3 Å². The first-order chi connectivity index (χ1) is 17.3. The molecule has 3 aromatic rings. The fourth-order valence-corrected chi connectivity index (χ4v) is 4.33. The van der Waals surface area contributed by atoms with Crippen LogP contribution >= 0.6 is 0 Å². The Bertz CT molecular complexity index is 1230. The van der Waals surface area contributed by atoms with Gasteiger partial charge in [0.25, 0.3) is 0 Å². The maximum absolute atomic E-state index is 13.6. The molecule has 1 aromatic heterocycles. The average Bonchev–Trinajstić information content (AvgIpc) is 3.30. The zero-order chi connectivity index (χ0) is 25.7. The second kappa shape index (κ2) is 10.7. The van der Waals surface area contributed by atoms with E-state index in [1.54, 1.807) is 41.2 Å². The van der Waals surface area contributed by atoms with Crippen LogP contribution in [0.2, 0.25) is 0 Å². The van der Waals surface area contributed by atoms with Crippen molar-refractivity contribution in [1.29, 1.82) is 5.26 Å². The number of benzene rings is 2. The number of amides is 1. The van der Waals surface area contributed by atoms with E-state index in [9.17, 15) is 18.0 Å². The number of rotatable bonds is 7. The van der Waals surface area contributed by atoms with Gasteiger partial charge in [-0.2, -0.15) is 18.4 Å². The number of carbonyl (C=O) groups excluding carboxylic acids is 1. The van der Waals surface area contributed by atoms with E-state index >= 15 is 0 Å². The van der Waals surface area contributed by atoms with Crippen LogP contribution in [0.3, 0.4) is 0 Å². The predicted octanol–water partition coefficient (Wildman–Crippen LogP) is 4.70. The number of anilines is 1. The third-order valence-electron chi connectivity index (χ3n) is 6.16. The summed E-state index contributed by atoms with van der Waals surface area (Å²) in [6.07, 6.45) is -2.56. The topological polar surface area (TPSA) is 69.5 Å². The Morgan fingerprint density at radius 1 is 1.17 bits per heavy atom. The molecule has 1 saturated heterocycles. The van der Waals surface area contributed by atoms with Crippen molar-refractivity contribution in [3.05, 3.63) is 89.7 Å². The van der Waals surface area contributed by atoms with Crippen LogP contribution in [0.15, 0.2) is 72.9 Å². The summed E-state index contributed by atoms with van der Waals surface area (Å²) in [4.78, 5) is 21.0. The number of nitrogens with zero attached hydrogens (tertiary/aromatic N) is 4. The van der Waals surface area contributed by atoms with Gasteiger partial charge < -0.3 is 14.5 Å². The Morgan fingerprint density at radius 3 is 2.58 bits per heavy atom. The number of halogens is 3. The number of hydrogen-bond acceptors (Lipinski definition) is 5. The van der Waals surface area contributed by atoms with Crippen molar-refractivity contribution in [2.24, 2.45) is 0 Å². The molecule has 2 heterocycles. The second-order valence-electron chi connectivity index (χ2n) is 8.63. The Balaban J connectivity index is 1.59. The van der Waals surface area contributed by atoms with E-state index in [1.807, 2.05) is 36.4 Å². The summed E-state index contributed by atoms with van der Waals surface area (Å²) in [7, 11) is 1.68. The standard InChI is InChI=1S/C27H25F3N4O2/c1-33(14-12-20-7-5-6-13-32-20)26(35)25-16-23(36-22-8-3-2-4-9-22)18-34(25)21-11-10-19(17-31)24(15-21)27(28,29)30/h2-11,13,15,23,25H,12,14,16,18H2,1H3/t23-,25-/m0/s1. The molecule has 1 aliphatic heterocycles. The Kier molecular flexibility index (Phi) is 7.44. The summed E-state index contributed by atoms with van der Waals surface area (Å²) in [5.41, 5.74) is -0.424. The lowest BCUT2D eigenvalue weighted by Crippen LogP contribution is -2.45. The third-order valence-corrected chi connectivity index (χ3v) is 6.16. The molecule has 4 rings (SSSR count). The molecule has 2 atom stereocenters. The number of nitriles is 1. The molecule has 0 N–H and O–H groups in total. The highest BCUT2D eigenvalue weighted by Crippen LogP contribution is 2.37. The molecule has 1 fully saturated rings. The van der Waals surface area contributed by atoms with Crippen LogP contribution in [0.25, 0.3) is 0 Å². The number of para-hydroxylation sites is 1. The lowest BCUT2D eigenvalue weighted by Gasteiger charge is -2.29. The number of alkyl halides is 3. The molecule has 9 heteroatoms. The smallest absolute Gasteiger partial charge is 0.417 e. The van der Waals surface area contributed by atoms with E-state index in [1.165, 1.54) is 6.07 Å². The Morgan fingerprint density at radius 2 is 1.92 bits per heavy atom. The van der Waals surface area contributed by atoms with Crippen molar-refractivity contribution in [3.8, 4) is 11.8 Å². The fraction of sp³-hybridized carbons (Fsp3) is 0.296. The van der Waals surface area contributed by atoms with Gasteiger partial charge in [0.2, 0.25) is 5.91 Å². The van der Waals surface area contributed by atoms with Gasteiger partial charge in [0.15, 0.2) is 0 Å². The van der Waals surface area contributed by atoms with E-state index in [2.05, 4.69) is 4.98 Å². The molecule has 0 aliphatic carbocycles. The monoisotopic (exact) mass is 494 g/mol. The normalized spacial score (nSPS) is 17.5. The lowest BCUT2D eigenvalue weighted by atomic mass is 10.1. The number of pyridine rings is 1. The SMILES string of the molecule is CN(CCc1ccccn1)C(=O)[C@@H]1C[C@H](Oc2ccccc2)CN1c1ccc(C#N)c(C(F)(F)F)c1. The molecular formula is C27H25F3N4O2. The summed E-state index contributed by atoms with van der Waals surface area (Å²) in [5.74, 6) is 0.401. The quantitative estimate of drug-likeness (QED) is 0.476. The molecule has 186 valence electrons. The second-order valence-corrected chi connectivity index (χ2v) is 8.63. The van der Waals surface area contributed by atoms with Gasteiger partial charge in [0.05, 0.1) is 23.7 Å². The van der Waals surface area contributed by atoms with Gasteiger partial charge in [-0.3, -0.25) is 9.78 Å². The summed E-state index contributed by atoms with van der Waals surface area (Å²) >= 11 is 0. The minimum absolute atomic E-state index is 0.219. The molecule has 0 radical (unpaired) electrons. The summed E-state index contributed by atoms with van der Waals surface area (Å²) in [5, 5.41) is 9.16. The number of likely N-dealkylation sites (N-methyl/N-ethyl adjacent to an activating group) is 1. The molecule has 1 aliphatic rings. The van der Waals surface area contributed by atoms with Crippen molar-refractivity contribution in [2.75, 3.05) is 25.0 Å². The van der Waals surface area contributed by atoms with Crippen molar-refractivity contribution in [2.45, 2.75) is 31.2 Å². The molecule has 1 amide bonds. The van der Waals surface area contributed by atoms with Gasteiger partial charge in [-0.05, 0) is 42.5 Å². The van der Waals surface area contributed by atoms with Gasteiger partial charge in [-0.25, -0.2) is 0 Å². The van der Waals surface area contributed by atoms with Gasteiger partial charge in [0, 0.05) is 44.0 Å². The predicted molar refractivity (Wildman–Crippen MR) is 128 cm³/mol. The summed E-state index contributed by atoms with van der Waals surface area (Å²) in [6, 6.07) is 19.1. The van der Waals surface area contributed by atoms with E-state index in [4.69, 9.17) is 10.00 Å². The largest absolute Gasteiger partial charge is 0.488 e. The molecular weight excluding hydrogens is 469 g/mol. The van der Waals surface area contributed by atoms with Gasteiger partial charge >= 0.3 is 6.18 Å². The van der Waals surface area contributed by atoms with E-state index < -0.39 is 29.4 Å². The molecule has 36 heavy (non-hydrogen) atoms. The lowest BCUT2D eigenvalue weighted by molar-refractivity contribution is -0.137. The van der Waals surface area contributed by atoms with E-state index in [0.717, 1.165) is 17.8 Å². The summed E-state index contributed by atoms with van der Waals surface area (Å²) < 4.78 is 47.0. The molecule has 0 spiro atoms. The first-order valence-corrected chi connectivity index (χ1v) is 11.5. The van der Waals surface area contributed by atoms with Crippen molar-refractivity contribution in [1.82, 2.24) is 9.88 Å². The maximum Gasteiger partial charge on any atom is 0.417 e. The van der Waals surface area contributed by atoms with Crippen LogP contribution in [0, 0.1) is 11.3 Å². The van der Waals surface area contributed by atoms with Crippen LogP contribution in [0.5, 0.6) is 5.75 Å². The van der Waals surface area contributed by atoms with Crippen molar-refractivity contribution < 1.29 is 22.7 Å². The number of carbonyl (C=O) groups is 1. The van der Waals surface area contributed by atoms with E-state index in [0.29, 0.717) is 25.1 Å². The Hall–Kier alpha value is -4.06. The highest BCUT2D eigenvalue weighted by Gasteiger charge is 2.41. The number of hydrogen-bond donors (Lipinski definition) is 0. The van der Waals surface area contributed by atoms with Crippen LogP contribution in [-0.2, 0) is 17.4 Å². The molecule has 0 unspecified atom stereocenters. The van der Waals surface area contributed by atoms with Crippen molar-refractivity contribution in [3.63, 3.8) is 0 Å². The maximum atomic E-state index is 13.6. The number of aromatic nitrogens is 1. The van der Waals surface area contributed by atoms with Gasteiger partial charge in [-0.15, -0.1) is 0 Å². The minimum Gasteiger partial charge on any atom is -0.488 e. The van der Waals surface area contributed by atoms with Crippen LogP contribution in [0.1, 0.15) is 23.2 Å². The average molecular weight is 495 g/mol. The highest BCUT2D eigenvalue weighted by molar-refractivity contribution is 5.86. The highest BCUT2D eigenvalue weighted by atomic mass is 19.4. The Labute approximate surface area is 207 Å². The minimum atomic E-state index is -4.69. The zero-order valence-corrected chi connectivity index (χ0v) is 19.7. The zero-order valence-electron chi connectivity index (χ0n) is 19.7. The van der Waals surface area contributed by atoms with Crippen molar-refractivity contribution >= 4 is 11.6 Å². The first-order valence-electron chi connectivity index (χ1n) is 11.5. The van der Waals surface area contributed by atoms with E-state index in [-0.39, 0.29) is 18.1 Å². The van der Waals surface area contributed by atoms with Crippen LogP contribution in [0.4, 0.5) is 18.9 Å². The summed E-state index contributed by atoms with van der Waals surface area (Å²) in [6.45, 7) is 0.633. The number of ether oxygens (including phenoxy) is 1. The van der Waals surface area contributed by atoms with Crippen LogP contribution < -0.4 is 9.64 Å². The first kappa shape index (κ1) is 25.0. The van der Waals surface area contributed by atoms with Crippen LogP contribution in [-0.4, -0.2) is 48.1 Å². The fourth-order valence-electron chi connectivity index (χ4n) is 4.33. The molecule has 0 bridgehead atoms. The molecule has 0 saturated carbocycles. The molecule has 6 nitrogen and oxygen atoms in total. The molecule has 2 aromatic carbocycles. The third kappa shape index (κ3) is 5.77.